The Morgan fingerprint density at radius 3 is 2.65 bits per heavy atom. The summed E-state index contributed by atoms with van der Waals surface area (Å²) in [5.74, 6) is 0.388. The van der Waals surface area contributed by atoms with E-state index in [0.29, 0.717) is 23.6 Å². The highest BCUT2D eigenvalue weighted by Gasteiger charge is 2.19. The lowest BCUT2D eigenvalue weighted by Gasteiger charge is -2.17. The Labute approximate surface area is 151 Å². The summed E-state index contributed by atoms with van der Waals surface area (Å²) in [6.45, 7) is 2.47. The first-order chi connectivity index (χ1) is 12.6. The molecule has 0 fully saturated rings. The molecule has 2 aromatic heterocycles. The summed E-state index contributed by atoms with van der Waals surface area (Å²) in [6.07, 6.45) is 3.36. The van der Waals surface area contributed by atoms with Crippen molar-refractivity contribution in [3.63, 3.8) is 0 Å². The lowest BCUT2D eigenvalue weighted by Crippen LogP contribution is -2.28. The number of aryl methyl sites for hydroxylation is 1. The topological polar surface area (TPSA) is 83.9 Å². The van der Waals surface area contributed by atoms with Gasteiger partial charge in [0.1, 0.15) is 0 Å². The van der Waals surface area contributed by atoms with Crippen molar-refractivity contribution in [1.29, 1.82) is 0 Å². The van der Waals surface area contributed by atoms with Crippen molar-refractivity contribution in [3.05, 3.63) is 75.8 Å². The largest absolute Gasteiger partial charge is 0.342 e. The van der Waals surface area contributed by atoms with Crippen molar-refractivity contribution in [2.45, 2.75) is 19.8 Å². The van der Waals surface area contributed by atoms with Crippen LogP contribution in [0.5, 0.6) is 0 Å². The molecule has 0 saturated carbocycles. The molecule has 3 rings (SSSR count). The molecule has 7 nitrogen and oxygen atoms in total. The van der Waals surface area contributed by atoms with Gasteiger partial charge in [-0.25, -0.2) is 9.78 Å². The third kappa shape index (κ3) is 3.88. The average Bonchev–Trinajstić information content (AvgIpc) is 3.04. The van der Waals surface area contributed by atoms with Crippen LogP contribution >= 0.6 is 0 Å². The van der Waals surface area contributed by atoms with Gasteiger partial charge in [0.2, 0.25) is 0 Å². The van der Waals surface area contributed by atoms with E-state index in [4.69, 9.17) is 0 Å². The van der Waals surface area contributed by atoms with Gasteiger partial charge in [-0.05, 0) is 31.4 Å². The van der Waals surface area contributed by atoms with E-state index in [-0.39, 0.29) is 11.5 Å². The van der Waals surface area contributed by atoms with Crippen LogP contribution in [-0.4, -0.2) is 44.4 Å². The molecule has 1 aromatic carbocycles. The molecule has 134 valence electrons. The van der Waals surface area contributed by atoms with Crippen LogP contribution < -0.4 is 5.56 Å². The van der Waals surface area contributed by atoms with Crippen molar-refractivity contribution in [3.8, 4) is 5.82 Å². The van der Waals surface area contributed by atoms with Crippen molar-refractivity contribution >= 4 is 5.91 Å². The highest BCUT2D eigenvalue weighted by atomic mass is 16.2. The van der Waals surface area contributed by atoms with Crippen LogP contribution in [0.25, 0.3) is 5.82 Å². The lowest BCUT2D eigenvalue weighted by atomic mass is 10.1. The first-order valence-corrected chi connectivity index (χ1v) is 8.46. The summed E-state index contributed by atoms with van der Waals surface area (Å²) in [5, 5.41) is 10.5. The maximum Gasteiger partial charge on any atom is 0.264 e. The van der Waals surface area contributed by atoms with Crippen LogP contribution in [0.3, 0.4) is 0 Å². The van der Waals surface area contributed by atoms with Crippen LogP contribution in [0.1, 0.15) is 28.0 Å². The first-order valence-electron chi connectivity index (χ1n) is 8.46. The molecule has 0 saturated heterocycles. The Hall–Kier alpha value is -3.22. The van der Waals surface area contributed by atoms with Gasteiger partial charge >= 0.3 is 0 Å². The standard InChI is InChI=1S/C19H21N5O2/c1-14-16(13-20-24(14)17-10-11-18(25)22-21-17)19(26)23(2)12-6-9-15-7-4-3-5-8-15/h3-5,7-8,10-11,13H,6,9,12H2,1-2H3,(H,22,25). The second-order valence-corrected chi connectivity index (χ2v) is 6.15. The number of H-pyrrole nitrogens is 1. The fourth-order valence-electron chi connectivity index (χ4n) is 2.78. The molecule has 0 bridgehead atoms. The number of carbonyl (C=O) groups is 1. The fourth-order valence-corrected chi connectivity index (χ4v) is 2.78. The molecule has 7 heteroatoms. The summed E-state index contributed by atoms with van der Waals surface area (Å²) in [4.78, 5) is 25.5. The molecule has 0 aliphatic carbocycles. The van der Waals surface area contributed by atoms with E-state index in [0.717, 1.165) is 12.8 Å². The van der Waals surface area contributed by atoms with E-state index in [1.54, 1.807) is 22.7 Å². The Morgan fingerprint density at radius 1 is 1.19 bits per heavy atom. The van der Waals surface area contributed by atoms with E-state index in [2.05, 4.69) is 27.4 Å². The predicted molar refractivity (Wildman–Crippen MR) is 98.4 cm³/mol. The van der Waals surface area contributed by atoms with Crippen LogP contribution in [0.4, 0.5) is 0 Å². The lowest BCUT2D eigenvalue weighted by molar-refractivity contribution is 0.0793. The number of aromatic nitrogens is 4. The molecular formula is C19H21N5O2. The molecule has 3 aromatic rings. The zero-order valence-corrected chi connectivity index (χ0v) is 14.8. The zero-order valence-electron chi connectivity index (χ0n) is 14.8. The summed E-state index contributed by atoms with van der Waals surface area (Å²) < 4.78 is 1.54. The van der Waals surface area contributed by atoms with Gasteiger partial charge in [0.15, 0.2) is 5.82 Å². The summed E-state index contributed by atoms with van der Waals surface area (Å²) in [7, 11) is 1.79. The molecule has 0 unspecified atom stereocenters. The van der Waals surface area contributed by atoms with Crippen molar-refractivity contribution < 1.29 is 4.79 Å². The fraction of sp³-hybridized carbons (Fsp3) is 0.263. The van der Waals surface area contributed by atoms with Gasteiger partial charge in [0, 0.05) is 19.7 Å². The Balaban J connectivity index is 1.65. The van der Waals surface area contributed by atoms with Gasteiger partial charge in [-0.1, -0.05) is 30.3 Å². The number of aromatic amines is 1. The highest BCUT2D eigenvalue weighted by molar-refractivity contribution is 5.95. The number of nitrogens with one attached hydrogen (secondary N) is 1. The minimum atomic E-state index is -0.284. The maximum atomic E-state index is 12.7. The van der Waals surface area contributed by atoms with Gasteiger partial charge in [-0.15, -0.1) is 0 Å². The molecule has 0 radical (unpaired) electrons. The van der Waals surface area contributed by atoms with Gasteiger partial charge in [-0.2, -0.15) is 10.2 Å². The number of carbonyl (C=O) groups excluding carboxylic acids is 1. The Morgan fingerprint density at radius 2 is 1.96 bits per heavy atom. The third-order valence-electron chi connectivity index (χ3n) is 4.27. The van der Waals surface area contributed by atoms with Crippen LogP contribution in [0.15, 0.2) is 53.5 Å². The molecule has 0 aliphatic rings. The molecule has 1 amide bonds. The Bertz CT molecular complexity index is 926. The van der Waals surface area contributed by atoms with Gasteiger partial charge < -0.3 is 4.90 Å². The number of amides is 1. The number of hydrogen-bond donors (Lipinski definition) is 1. The molecular weight excluding hydrogens is 330 g/mol. The first kappa shape index (κ1) is 17.6. The van der Waals surface area contributed by atoms with E-state index in [1.165, 1.54) is 17.8 Å². The number of benzene rings is 1. The van der Waals surface area contributed by atoms with Gasteiger partial charge in [0.05, 0.1) is 17.5 Å². The molecule has 0 atom stereocenters. The van der Waals surface area contributed by atoms with E-state index < -0.39 is 0 Å². The summed E-state index contributed by atoms with van der Waals surface area (Å²) in [6, 6.07) is 13.2. The van der Waals surface area contributed by atoms with Crippen LogP contribution in [-0.2, 0) is 6.42 Å². The number of rotatable bonds is 6. The second kappa shape index (κ2) is 7.77. The van der Waals surface area contributed by atoms with Crippen molar-refractivity contribution in [2.24, 2.45) is 0 Å². The minimum Gasteiger partial charge on any atom is -0.342 e. The molecule has 0 aliphatic heterocycles. The predicted octanol–water partition coefficient (Wildman–Crippen LogP) is 1.97. The van der Waals surface area contributed by atoms with Gasteiger partial charge in [0.25, 0.3) is 11.5 Å². The maximum absolute atomic E-state index is 12.7. The molecule has 26 heavy (non-hydrogen) atoms. The molecule has 2 heterocycles. The smallest absolute Gasteiger partial charge is 0.264 e. The number of nitrogens with zero attached hydrogens (tertiary/aromatic N) is 4. The van der Waals surface area contributed by atoms with Crippen LogP contribution in [0, 0.1) is 6.92 Å². The quantitative estimate of drug-likeness (QED) is 0.736. The zero-order chi connectivity index (χ0) is 18.5. The summed E-state index contributed by atoms with van der Waals surface area (Å²) >= 11 is 0. The minimum absolute atomic E-state index is 0.0776. The van der Waals surface area contributed by atoms with Crippen LogP contribution in [0.2, 0.25) is 0 Å². The van der Waals surface area contributed by atoms with E-state index >= 15 is 0 Å². The molecule has 0 spiro atoms. The SMILES string of the molecule is Cc1c(C(=O)N(C)CCCc2ccccc2)cnn1-c1ccc(=O)[nH]n1. The summed E-state index contributed by atoms with van der Waals surface area (Å²) in [5.41, 5.74) is 2.19. The van der Waals surface area contributed by atoms with E-state index in [1.807, 2.05) is 25.1 Å². The van der Waals surface area contributed by atoms with Crippen molar-refractivity contribution in [2.75, 3.05) is 13.6 Å². The van der Waals surface area contributed by atoms with E-state index in [9.17, 15) is 9.59 Å². The monoisotopic (exact) mass is 351 g/mol. The average molecular weight is 351 g/mol. The Kier molecular flexibility index (Phi) is 5.26. The van der Waals surface area contributed by atoms with Crippen molar-refractivity contribution in [1.82, 2.24) is 24.9 Å². The highest BCUT2D eigenvalue weighted by Crippen LogP contribution is 2.14. The third-order valence-corrected chi connectivity index (χ3v) is 4.27. The number of hydrogen-bond acceptors (Lipinski definition) is 4. The second-order valence-electron chi connectivity index (χ2n) is 6.15. The van der Waals surface area contributed by atoms with Gasteiger partial charge in [-0.3, -0.25) is 9.59 Å². The molecule has 1 N–H and O–H groups in total. The normalized spacial score (nSPS) is 10.7.